The van der Waals surface area contributed by atoms with Crippen molar-refractivity contribution in [2.24, 2.45) is 0 Å². The molecule has 5 aromatic rings. The average molecular weight is 405 g/mol. The van der Waals surface area contributed by atoms with Gasteiger partial charge in [-0.05, 0) is 32.0 Å². The molecule has 0 aliphatic carbocycles. The van der Waals surface area contributed by atoms with E-state index in [9.17, 15) is 9.18 Å². The summed E-state index contributed by atoms with van der Waals surface area (Å²) in [6.45, 7) is 3.63. The van der Waals surface area contributed by atoms with E-state index in [0.717, 1.165) is 5.56 Å². The second kappa shape index (κ2) is 6.51. The average Bonchev–Trinajstić information content (AvgIpc) is 3.25. The molecular formula is C21H16FN5O3. The molecule has 0 unspecified atom stereocenters. The Morgan fingerprint density at radius 3 is 2.73 bits per heavy atom. The fourth-order valence-electron chi connectivity index (χ4n) is 3.74. The molecule has 9 heteroatoms. The van der Waals surface area contributed by atoms with Crippen LogP contribution in [-0.2, 0) is 0 Å². The zero-order valence-corrected chi connectivity index (χ0v) is 16.4. The first kappa shape index (κ1) is 18.0. The molecule has 0 radical (unpaired) electrons. The van der Waals surface area contributed by atoms with Gasteiger partial charge in [0, 0.05) is 0 Å². The molecule has 5 rings (SSSR count). The number of hydrogen-bond acceptors (Lipinski definition) is 6. The number of methoxy groups -OCH3 is 1. The van der Waals surface area contributed by atoms with Crippen molar-refractivity contribution in [1.29, 1.82) is 0 Å². The Morgan fingerprint density at radius 2 is 2.03 bits per heavy atom. The molecule has 1 N–H and O–H groups in total. The fraction of sp³-hybridized carbons (Fsp3) is 0.143. The number of aromatic amines is 1. The van der Waals surface area contributed by atoms with Gasteiger partial charge >= 0.3 is 5.69 Å². The Hall–Kier alpha value is -4.01. The molecule has 1 aromatic carbocycles. The minimum absolute atomic E-state index is 0.122. The van der Waals surface area contributed by atoms with Crippen molar-refractivity contribution in [3.8, 4) is 22.7 Å². The lowest BCUT2D eigenvalue weighted by atomic mass is 10.0. The maximum absolute atomic E-state index is 14.5. The summed E-state index contributed by atoms with van der Waals surface area (Å²) in [5, 5.41) is 3.99. The quantitative estimate of drug-likeness (QED) is 0.492. The van der Waals surface area contributed by atoms with Gasteiger partial charge in [0.15, 0.2) is 0 Å². The van der Waals surface area contributed by atoms with Gasteiger partial charge in [-0.2, -0.15) is 0 Å². The zero-order valence-electron chi connectivity index (χ0n) is 16.4. The van der Waals surface area contributed by atoms with Crippen LogP contribution in [-0.4, -0.2) is 31.8 Å². The van der Waals surface area contributed by atoms with E-state index in [-0.39, 0.29) is 5.69 Å². The summed E-state index contributed by atoms with van der Waals surface area (Å²) < 4.78 is 26.6. The summed E-state index contributed by atoms with van der Waals surface area (Å²) in [5.74, 6) is 0.419. The minimum atomic E-state index is -0.523. The van der Waals surface area contributed by atoms with Crippen LogP contribution in [0.15, 0.2) is 45.8 Å². The van der Waals surface area contributed by atoms with Gasteiger partial charge in [-0.15, -0.1) is 0 Å². The van der Waals surface area contributed by atoms with E-state index in [1.165, 1.54) is 30.0 Å². The van der Waals surface area contributed by atoms with E-state index in [2.05, 4.69) is 20.1 Å². The van der Waals surface area contributed by atoms with Gasteiger partial charge in [0.2, 0.25) is 5.88 Å². The molecule has 0 saturated carbocycles. The monoisotopic (exact) mass is 405 g/mol. The first-order valence-electron chi connectivity index (χ1n) is 9.16. The summed E-state index contributed by atoms with van der Waals surface area (Å²) in [6.07, 6.45) is 1.53. The van der Waals surface area contributed by atoms with Gasteiger partial charge in [-0.3, -0.25) is 9.55 Å². The number of hydrogen-bond donors (Lipinski definition) is 1. The number of para-hydroxylation sites is 1. The lowest BCUT2D eigenvalue weighted by molar-refractivity contribution is 0.392. The second-order valence-electron chi connectivity index (χ2n) is 6.85. The maximum atomic E-state index is 14.5. The fourth-order valence-corrected chi connectivity index (χ4v) is 3.74. The van der Waals surface area contributed by atoms with E-state index >= 15 is 0 Å². The summed E-state index contributed by atoms with van der Waals surface area (Å²) in [5.41, 5.74) is 3.54. The summed E-state index contributed by atoms with van der Waals surface area (Å²) in [7, 11) is 1.50. The molecular weight excluding hydrogens is 389 g/mol. The molecule has 0 saturated heterocycles. The van der Waals surface area contributed by atoms with Gasteiger partial charge in [0.1, 0.15) is 22.6 Å². The molecule has 4 heterocycles. The normalized spacial score (nSPS) is 11.5. The Labute approximate surface area is 168 Å². The van der Waals surface area contributed by atoms with Crippen molar-refractivity contribution in [2.75, 3.05) is 7.11 Å². The summed E-state index contributed by atoms with van der Waals surface area (Å²) in [4.78, 5) is 24.5. The number of halogens is 1. The Bertz CT molecular complexity index is 1480. The highest BCUT2D eigenvalue weighted by Gasteiger charge is 2.22. The molecule has 4 aromatic heterocycles. The number of rotatable bonds is 3. The Kier molecular flexibility index (Phi) is 3.92. The number of pyridine rings is 2. The molecule has 0 atom stereocenters. The highest BCUT2D eigenvalue weighted by atomic mass is 19.1. The van der Waals surface area contributed by atoms with Crippen molar-refractivity contribution >= 4 is 22.1 Å². The number of benzene rings is 1. The maximum Gasteiger partial charge on any atom is 0.331 e. The van der Waals surface area contributed by atoms with Crippen molar-refractivity contribution in [3.05, 3.63) is 64.3 Å². The molecule has 0 fully saturated rings. The third-order valence-electron chi connectivity index (χ3n) is 5.04. The van der Waals surface area contributed by atoms with Crippen molar-refractivity contribution in [1.82, 2.24) is 24.7 Å². The lowest BCUT2D eigenvalue weighted by Gasteiger charge is -2.11. The van der Waals surface area contributed by atoms with Gasteiger partial charge in [-0.25, -0.2) is 14.2 Å². The van der Waals surface area contributed by atoms with Crippen LogP contribution in [0.2, 0.25) is 0 Å². The molecule has 0 spiro atoms. The number of nitrogens with one attached hydrogen (secondary N) is 1. The van der Waals surface area contributed by atoms with Crippen LogP contribution in [0.25, 0.3) is 38.9 Å². The van der Waals surface area contributed by atoms with Crippen LogP contribution in [0.3, 0.4) is 0 Å². The van der Waals surface area contributed by atoms with Crippen LogP contribution in [0.4, 0.5) is 4.39 Å². The largest absolute Gasteiger partial charge is 0.481 e. The highest BCUT2D eigenvalue weighted by Crippen LogP contribution is 2.36. The molecule has 0 aliphatic rings. The molecule has 0 aliphatic heterocycles. The predicted octanol–water partition coefficient (Wildman–Crippen LogP) is 3.68. The number of ether oxygens (including phenoxy) is 1. The molecule has 150 valence electrons. The first-order chi connectivity index (χ1) is 14.5. The Balaban J connectivity index is 1.90. The number of imidazole rings is 1. The highest BCUT2D eigenvalue weighted by molar-refractivity contribution is 6.02. The molecule has 8 nitrogen and oxygen atoms in total. The zero-order chi connectivity index (χ0) is 21.0. The van der Waals surface area contributed by atoms with Crippen LogP contribution in [0.1, 0.15) is 11.5 Å². The lowest BCUT2D eigenvalue weighted by Crippen LogP contribution is -2.16. The predicted molar refractivity (Wildman–Crippen MR) is 108 cm³/mol. The van der Waals surface area contributed by atoms with Gasteiger partial charge in [0.25, 0.3) is 0 Å². The first-order valence-corrected chi connectivity index (χ1v) is 9.16. The number of nitrogens with zero attached hydrogens (tertiary/aromatic N) is 4. The van der Waals surface area contributed by atoms with Crippen molar-refractivity contribution < 1.29 is 13.7 Å². The van der Waals surface area contributed by atoms with Gasteiger partial charge in [-0.1, -0.05) is 17.3 Å². The number of aryl methyl sites for hydroxylation is 2. The minimum Gasteiger partial charge on any atom is -0.481 e. The SMILES string of the molecule is COc1nc2c(cc1-c1c(C)noc1C)ncc1[nH]c(=O)n(-c3ccccc3F)c12. The standard InChI is InChI=1S/C21H16FN5O3/c1-10-17(11(2)30-26-10)12-8-14-18(25-20(12)29-3)19-15(9-23-14)24-21(28)27(19)16-7-5-4-6-13(16)22/h4-9H,1-3H3,(H,24,28). The van der Waals surface area contributed by atoms with E-state index in [4.69, 9.17) is 9.26 Å². The van der Waals surface area contributed by atoms with Crippen LogP contribution < -0.4 is 10.4 Å². The molecule has 30 heavy (non-hydrogen) atoms. The van der Waals surface area contributed by atoms with E-state index in [1.807, 2.05) is 6.92 Å². The topological polar surface area (TPSA) is 98.8 Å². The Morgan fingerprint density at radius 1 is 1.23 bits per heavy atom. The number of aromatic nitrogens is 5. The second-order valence-corrected chi connectivity index (χ2v) is 6.85. The van der Waals surface area contributed by atoms with Crippen LogP contribution in [0, 0.1) is 19.7 Å². The number of H-pyrrole nitrogens is 1. The van der Waals surface area contributed by atoms with Gasteiger partial charge < -0.3 is 14.2 Å². The van der Waals surface area contributed by atoms with Crippen molar-refractivity contribution in [3.63, 3.8) is 0 Å². The number of fused-ring (bicyclic) bond motifs is 3. The summed E-state index contributed by atoms with van der Waals surface area (Å²) >= 11 is 0. The summed E-state index contributed by atoms with van der Waals surface area (Å²) in [6, 6.07) is 7.86. The van der Waals surface area contributed by atoms with Crippen LogP contribution >= 0.6 is 0 Å². The molecule has 0 amide bonds. The van der Waals surface area contributed by atoms with E-state index < -0.39 is 11.5 Å². The third-order valence-corrected chi connectivity index (χ3v) is 5.04. The smallest absolute Gasteiger partial charge is 0.331 e. The third kappa shape index (κ3) is 2.52. The van der Waals surface area contributed by atoms with E-state index in [1.54, 1.807) is 25.1 Å². The van der Waals surface area contributed by atoms with Crippen LogP contribution in [0.5, 0.6) is 5.88 Å². The van der Waals surface area contributed by atoms with Crippen molar-refractivity contribution in [2.45, 2.75) is 13.8 Å². The molecule has 0 bridgehead atoms. The van der Waals surface area contributed by atoms with E-state index in [0.29, 0.717) is 45.0 Å². The van der Waals surface area contributed by atoms with Gasteiger partial charge in [0.05, 0.1) is 46.8 Å².